The van der Waals surface area contributed by atoms with Gasteiger partial charge in [-0.1, -0.05) is 0 Å². The van der Waals surface area contributed by atoms with Crippen LogP contribution >= 0.6 is 0 Å². The average Bonchev–Trinajstić information content (AvgIpc) is 3.43. The number of ether oxygens (including phenoxy) is 1. The van der Waals surface area contributed by atoms with E-state index in [1.165, 1.54) is 6.42 Å². The Morgan fingerprint density at radius 3 is 2.96 bits per heavy atom. The second-order valence-corrected chi connectivity index (χ2v) is 9.07. The highest BCUT2D eigenvalue weighted by Crippen LogP contribution is 2.55. The van der Waals surface area contributed by atoms with Gasteiger partial charge in [-0.05, 0) is 51.9 Å². The summed E-state index contributed by atoms with van der Waals surface area (Å²) >= 11 is 0. The Labute approximate surface area is 161 Å². The summed E-state index contributed by atoms with van der Waals surface area (Å²) in [6, 6.07) is 3.85. The Morgan fingerprint density at radius 2 is 2.19 bits per heavy atom. The standard InChI is InChI=1S/C21H30N4O2/c1-23(2)12-16-17-13-25(14-21(17)7-5-18(16)27-21)19-11-15(6-8-22-19)20(26)24-9-3-4-10-24/h6,8,11,16-18H,3-5,7,9-10,12-14H2,1-2H3/t16-,17+,18+,21+/m0/s1. The number of hydrogen-bond acceptors (Lipinski definition) is 5. The fourth-order valence-electron chi connectivity index (χ4n) is 5.86. The van der Waals surface area contributed by atoms with Gasteiger partial charge in [0.25, 0.3) is 5.91 Å². The predicted molar refractivity (Wildman–Crippen MR) is 104 cm³/mol. The van der Waals surface area contributed by atoms with Crippen LogP contribution in [0.1, 0.15) is 36.0 Å². The molecule has 4 atom stereocenters. The van der Waals surface area contributed by atoms with Crippen molar-refractivity contribution >= 4 is 11.7 Å². The first-order valence-corrected chi connectivity index (χ1v) is 10.4. The first-order valence-electron chi connectivity index (χ1n) is 10.4. The van der Waals surface area contributed by atoms with Crippen molar-refractivity contribution in [1.29, 1.82) is 0 Å². The lowest BCUT2D eigenvalue weighted by molar-refractivity contribution is 0.0136. The van der Waals surface area contributed by atoms with E-state index in [4.69, 9.17) is 4.74 Å². The minimum Gasteiger partial charge on any atom is -0.369 e. The van der Waals surface area contributed by atoms with Crippen LogP contribution < -0.4 is 4.90 Å². The highest BCUT2D eigenvalue weighted by Gasteiger charge is 2.63. The van der Waals surface area contributed by atoms with E-state index in [-0.39, 0.29) is 11.5 Å². The van der Waals surface area contributed by atoms with Crippen LogP contribution in [0.3, 0.4) is 0 Å². The number of rotatable bonds is 4. The Bertz CT molecular complexity index is 733. The van der Waals surface area contributed by atoms with Gasteiger partial charge in [0.15, 0.2) is 0 Å². The average molecular weight is 370 g/mol. The molecule has 0 radical (unpaired) electrons. The Morgan fingerprint density at radius 1 is 1.37 bits per heavy atom. The molecule has 6 heteroatoms. The topological polar surface area (TPSA) is 48.9 Å². The number of anilines is 1. The van der Waals surface area contributed by atoms with Crippen LogP contribution in [0.25, 0.3) is 0 Å². The van der Waals surface area contributed by atoms with Crippen LogP contribution in [0.2, 0.25) is 0 Å². The Balaban J connectivity index is 1.36. The van der Waals surface area contributed by atoms with Gasteiger partial charge in [0.2, 0.25) is 0 Å². The molecule has 0 aromatic carbocycles. The van der Waals surface area contributed by atoms with Gasteiger partial charge >= 0.3 is 0 Å². The van der Waals surface area contributed by atoms with Gasteiger partial charge in [0.05, 0.1) is 11.7 Å². The SMILES string of the molecule is CN(C)C[C@H]1[C@H]2CN(c3cc(C(=O)N4CCCC4)ccn3)C[C@]23CC[C@H]1O3. The van der Waals surface area contributed by atoms with E-state index < -0.39 is 0 Å². The fourth-order valence-corrected chi connectivity index (χ4v) is 5.86. The lowest BCUT2D eigenvalue weighted by atomic mass is 9.73. The molecule has 4 aliphatic heterocycles. The van der Waals surface area contributed by atoms with Crippen molar-refractivity contribution in [3.05, 3.63) is 23.9 Å². The third kappa shape index (κ3) is 2.85. The van der Waals surface area contributed by atoms with E-state index in [0.29, 0.717) is 17.9 Å². The summed E-state index contributed by atoms with van der Waals surface area (Å²) in [6.45, 7) is 4.75. The maximum Gasteiger partial charge on any atom is 0.254 e. The van der Waals surface area contributed by atoms with Gasteiger partial charge < -0.3 is 19.4 Å². The van der Waals surface area contributed by atoms with Crippen LogP contribution in [-0.2, 0) is 4.74 Å². The molecular formula is C21H30N4O2. The molecule has 1 aromatic heterocycles. The fraction of sp³-hybridized carbons (Fsp3) is 0.714. The van der Waals surface area contributed by atoms with E-state index in [0.717, 1.165) is 63.4 Å². The lowest BCUT2D eigenvalue weighted by Gasteiger charge is -2.30. The van der Waals surface area contributed by atoms with Crippen molar-refractivity contribution in [2.75, 3.05) is 51.7 Å². The molecule has 146 valence electrons. The lowest BCUT2D eigenvalue weighted by Crippen LogP contribution is -2.40. The zero-order valence-corrected chi connectivity index (χ0v) is 16.4. The van der Waals surface area contributed by atoms with E-state index >= 15 is 0 Å². The monoisotopic (exact) mass is 370 g/mol. The minimum absolute atomic E-state index is 0.00197. The number of pyridine rings is 1. The summed E-state index contributed by atoms with van der Waals surface area (Å²) in [5.41, 5.74) is 0.772. The Kier molecular flexibility index (Phi) is 4.17. The van der Waals surface area contributed by atoms with Crippen molar-refractivity contribution in [3.63, 3.8) is 0 Å². The molecule has 0 aliphatic carbocycles. The molecule has 6 nitrogen and oxygen atoms in total. The second-order valence-electron chi connectivity index (χ2n) is 9.07. The van der Waals surface area contributed by atoms with E-state index in [1.807, 2.05) is 17.0 Å². The summed E-state index contributed by atoms with van der Waals surface area (Å²) < 4.78 is 6.54. The normalized spacial score (nSPS) is 34.7. The minimum atomic E-state index is 0.00197. The zero-order valence-electron chi connectivity index (χ0n) is 16.4. The van der Waals surface area contributed by atoms with Gasteiger partial charge in [-0.25, -0.2) is 4.98 Å². The van der Waals surface area contributed by atoms with E-state index in [2.05, 4.69) is 28.9 Å². The summed E-state index contributed by atoms with van der Waals surface area (Å²) in [6.07, 6.45) is 6.80. The van der Waals surface area contributed by atoms with Gasteiger partial charge in [0, 0.05) is 56.3 Å². The molecule has 4 saturated heterocycles. The van der Waals surface area contributed by atoms with E-state index in [1.54, 1.807) is 6.20 Å². The van der Waals surface area contributed by atoms with Crippen molar-refractivity contribution in [2.24, 2.45) is 11.8 Å². The molecular weight excluding hydrogens is 340 g/mol. The largest absolute Gasteiger partial charge is 0.369 e. The van der Waals surface area contributed by atoms with Crippen LogP contribution in [0.5, 0.6) is 0 Å². The molecule has 1 amide bonds. The predicted octanol–water partition coefficient (Wildman–Crippen LogP) is 1.86. The number of carbonyl (C=O) groups excluding carboxylic acids is 1. The number of fused-ring (bicyclic) bond motifs is 1. The smallest absolute Gasteiger partial charge is 0.254 e. The zero-order chi connectivity index (χ0) is 18.6. The molecule has 4 aliphatic rings. The van der Waals surface area contributed by atoms with Gasteiger partial charge in [-0.15, -0.1) is 0 Å². The first kappa shape index (κ1) is 17.4. The molecule has 0 saturated carbocycles. The molecule has 0 N–H and O–H groups in total. The molecule has 5 heterocycles. The quantitative estimate of drug-likeness (QED) is 0.810. The number of likely N-dealkylation sites (tertiary alicyclic amines) is 1. The van der Waals surface area contributed by atoms with Crippen molar-refractivity contribution in [3.8, 4) is 0 Å². The Hall–Kier alpha value is -1.66. The maximum absolute atomic E-state index is 12.8. The summed E-state index contributed by atoms with van der Waals surface area (Å²) in [4.78, 5) is 24.0. The number of carbonyl (C=O) groups is 1. The summed E-state index contributed by atoms with van der Waals surface area (Å²) in [7, 11) is 4.31. The molecule has 0 unspecified atom stereocenters. The third-order valence-corrected chi connectivity index (χ3v) is 7.07. The van der Waals surface area contributed by atoms with Crippen LogP contribution in [0.15, 0.2) is 18.3 Å². The summed E-state index contributed by atoms with van der Waals surface area (Å²) in [5.74, 6) is 2.25. The number of amides is 1. The molecule has 27 heavy (non-hydrogen) atoms. The molecule has 1 spiro atoms. The molecule has 4 fully saturated rings. The van der Waals surface area contributed by atoms with Crippen molar-refractivity contribution in [2.45, 2.75) is 37.4 Å². The van der Waals surface area contributed by atoms with Crippen molar-refractivity contribution < 1.29 is 9.53 Å². The van der Waals surface area contributed by atoms with Gasteiger partial charge in [0.1, 0.15) is 5.82 Å². The molecule has 2 bridgehead atoms. The number of hydrogen-bond donors (Lipinski definition) is 0. The van der Waals surface area contributed by atoms with Gasteiger partial charge in [-0.3, -0.25) is 4.79 Å². The van der Waals surface area contributed by atoms with Crippen molar-refractivity contribution in [1.82, 2.24) is 14.8 Å². The third-order valence-electron chi connectivity index (χ3n) is 7.07. The maximum atomic E-state index is 12.8. The van der Waals surface area contributed by atoms with Crippen LogP contribution in [0, 0.1) is 11.8 Å². The molecule has 1 aromatic rings. The number of aromatic nitrogens is 1. The van der Waals surface area contributed by atoms with Crippen LogP contribution in [0.4, 0.5) is 5.82 Å². The van der Waals surface area contributed by atoms with Crippen LogP contribution in [-0.4, -0.2) is 79.2 Å². The highest BCUT2D eigenvalue weighted by molar-refractivity contribution is 5.95. The number of nitrogens with zero attached hydrogens (tertiary/aromatic N) is 4. The second kappa shape index (κ2) is 6.45. The highest BCUT2D eigenvalue weighted by atomic mass is 16.5. The first-order chi connectivity index (χ1) is 13.1. The molecule has 5 rings (SSSR count). The summed E-state index contributed by atoms with van der Waals surface area (Å²) in [5, 5.41) is 0. The van der Waals surface area contributed by atoms with Gasteiger partial charge in [-0.2, -0.15) is 0 Å². The van der Waals surface area contributed by atoms with E-state index in [9.17, 15) is 4.79 Å².